The van der Waals surface area contributed by atoms with Crippen molar-refractivity contribution in [3.05, 3.63) is 24.2 Å². The van der Waals surface area contributed by atoms with E-state index in [0.717, 1.165) is 12.2 Å². The summed E-state index contributed by atoms with van der Waals surface area (Å²) in [5, 5.41) is 14.4. The minimum atomic E-state index is -1.04. The van der Waals surface area contributed by atoms with Gasteiger partial charge in [-0.3, -0.25) is 0 Å². The number of aliphatic carboxylic acids is 1. The zero-order valence-corrected chi connectivity index (χ0v) is 13.0. The maximum atomic E-state index is 11.9. The van der Waals surface area contributed by atoms with Crippen molar-refractivity contribution in [2.45, 2.75) is 52.6 Å². The molecule has 21 heavy (non-hydrogen) atoms. The van der Waals surface area contributed by atoms with Gasteiger partial charge in [0.2, 0.25) is 0 Å². The second-order valence-corrected chi connectivity index (χ2v) is 6.27. The Kier molecular flexibility index (Phi) is 5.81. The Balaban J connectivity index is 2.42. The number of carboxylic acid groups (broad SMARTS) is 1. The molecule has 118 valence electrons. The highest BCUT2D eigenvalue weighted by atomic mass is 16.4. The van der Waals surface area contributed by atoms with Crippen molar-refractivity contribution in [1.29, 1.82) is 0 Å². The van der Waals surface area contributed by atoms with Crippen molar-refractivity contribution in [2.75, 3.05) is 0 Å². The van der Waals surface area contributed by atoms with Gasteiger partial charge in [0.25, 0.3) is 0 Å². The standard InChI is InChI=1S/C15H24N2O4/c1-10(7-8-11-6-5-9-21-11)16-14(20)17-12(13(18)19)15(2,3)4/h5-6,9-10,12H,7-8H2,1-4H3,(H,18,19)(H2,16,17,20)/t10?,12-/m1/s1. The van der Waals surface area contributed by atoms with Crippen LogP contribution in [0.3, 0.4) is 0 Å². The predicted octanol–water partition coefficient (Wildman–Crippen LogP) is 2.40. The Hall–Kier alpha value is -1.98. The van der Waals surface area contributed by atoms with Gasteiger partial charge in [-0.05, 0) is 30.9 Å². The number of hydrogen-bond donors (Lipinski definition) is 3. The van der Waals surface area contributed by atoms with Gasteiger partial charge in [0.1, 0.15) is 11.8 Å². The van der Waals surface area contributed by atoms with Crippen molar-refractivity contribution < 1.29 is 19.1 Å². The third-order valence-corrected chi connectivity index (χ3v) is 3.17. The summed E-state index contributed by atoms with van der Waals surface area (Å²) >= 11 is 0. The van der Waals surface area contributed by atoms with Crippen LogP contribution >= 0.6 is 0 Å². The van der Waals surface area contributed by atoms with Gasteiger partial charge >= 0.3 is 12.0 Å². The lowest BCUT2D eigenvalue weighted by molar-refractivity contribution is -0.141. The average molecular weight is 296 g/mol. The summed E-state index contributed by atoms with van der Waals surface area (Å²) < 4.78 is 5.22. The van der Waals surface area contributed by atoms with E-state index < -0.39 is 23.5 Å². The van der Waals surface area contributed by atoms with E-state index in [2.05, 4.69) is 10.6 Å². The smallest absolute Gasteiger partial charge is 0.326 e. The summed E-state index contributed by atoms with van der Waals surface area (Å²) in [4.78, 5) is 23.1. The highest BCUT2D eigenvalue weighted by Gasteiger charge is 2.32. The number of hydrogen-bond acceptors (Lipinski definition) is 3. The molecule has 6 heteroatoms. The molecule has 6 nitrogen and oxygen atoms in total. The molecular formula is C15H24N2O4. The number of carbonyl (C=O) groups is 2. The average Bonchev–Trinajstić information content (AvgIpc) is 2.84. The van der Waals surface area contributed by atoms with Crippen LogP contribution in [0.5, 0.6) is 0 Å². The summed E-state index contributed by atoms with van der Waals surface area (Å²) in [6, 6.07) is 2.22. The molecule has 0 spiro atoms. The highest BCUT2D eigenvalue weighted by molar-refractivity contribution is 5.83. The Morgan fingerprint density at radius 3 is 2.48 bits per heavy atom. The van der Waals surface area contributed by atoms with Crippen molar-refractivity contribution in [2.24, 2.45) is 5.41 Å². The summed E-state index contributed by atoms with van der Waals surface area (Å²) in [7, 11) is 0. The number of amides is 2. The summed E-state index contributed by atoms with van der Waals surface area (Å²) in [5.74, 6) is -0.178. The molecule has 0 fully saturated rings. The molecule has 2 atom stereocenters. The SMILES string of the molecule is CC(CCc1ccco1)NC(=O)N[C@H](C(=O)O)C(C)(C)C. The van der Waals surface area contributed by atoms with Crippen LogP contribution < -0.4 is 10.6 Å². The third-order valence-electron chi connectivity index (χ3n) is 3.17. The van der Waals surface area contributed by atoms with E-state index >= 15 is 0 Å². The van der Waals surface area contributed by atoms with Crippen molar-refractivity contribution in [3.8, 4) is 0 Å². The lowest BCUT2D eigenvalue weighted by Crippen LogP contribution is -2.53. The molecule has 0 aliphatic heterocycles. The van der Waals surface area contributed by atoms with E-state index in [0.29, 0.717) is 6.42 Å². The molecule has 0 radical (unpaired) electrons. The van der Waals surface area contributed by atoms with Gasteiger partial charge in [0.15, 0.2) is 0 Å². The minimum absolute atomic E-state index is 0.0792. The largest absolute Gasteiger partial charge is 0.480 e. The van der Waals surface area contributed by atoms with Crippen LogP contribution in [0.4, 0.5) is 4.79 Å². The molecule has 1 aromatic heterocycles. The van der Waals surface area contributed by atoms with Crippen LogP contribution in [0.25, 0.3) is 0 Å². The fourth-order valence-electron chi connectivity index (χ4n) is 1.93. The van der Waals surface area contributed by atoms with Gasteiger partial charge in [0, 0.05) is 12.5 Å². The number of aryl methyl sites for hydroxylation is 1. The number of furan rings is 1. The Labute approximate surface area is 124 Å². The maximum absolute atomic E-state index is 11.9. The molecule has 3 N–H and O–H groups in total. The topological polar surface area (TPSA) is 91.6 Å². The maximum Gasteiger partial charge on any atom is 0.326 e. The monoisotopic (exact) mass is 296 g/mol. The van der Waals surface area contributed by atoms with E-state index in [1.165, 1.54) is 0 Å². The molecule has 1 aromatic rings. The molecule has 0 saturated heterocycles. The molecule has 1 heterocycles. The van der Waals surface area contributed by atoms with Gasteiger partial charge in [-0.2, -0.15) is 0 Å². The van der Waals surface area contributed by atoms with Gasteiger partial charge in [0.05, 0.1) is 6.26 Å². The molecule has 2 amide bonds. The number of carbonyl (C=O) groups excluding carboxylic acids is 1. The Morgan fingerprint density at radius 2 is 2.00 bits per heavy atom. The van der Waals surface area contributed by atoms with E-state index in [1.807, 2.05) is 19.1 Å². The fraction of sp³-hybridized carbons (Fsp3) is 0.600. The van der Waals surface area contributed by atoms with Crippen LogP contribution in [-0.2, 0) is 11.2 Å². The first-order valence-electron chi connectivity index (χ1n) is 7.02. The Morgan fingerprint density at radius 1 is 1.33 bits per heavy atom. The van der Waals surface area contributed by atoms with E-state index in [4.69, 9.17) is 9.52 Å². The first-order chi connectivity index (χ1) is 9.70. The molecule has 1 unspecified atom stereocenters. The van der Waals surface area contributed by atoms with Gasteiger partial charge < -0.3 is 20.2 Å². The summed E-state index contributed by atoms with van der Waals surface area (Å²) in [5.41, 5.74) is -0.555. The molecule has 0 aromatic carbocycles. The predicted molar refractivity (Wildman–Crippen MR) is 79.0 cm³/mol. The molecule has 0 aliphatic rings. The van der Waals surface area contributed by atoms with E-state index in [9.17, 15) is 9.59 Å². The van der Waals surface area contributed by atoms with E-state index in [-0.39, 0.29) is 6.04 Å². The quantitative estimate of drug-likeness (QED) is 0.751. The van der Waals surface area contributed by atoms with Gasteiger partial charge in [-0.1, -0.05) is 20.8 Å². The second kappa shape index (κ2) is 7.15. The van der Waals surface area contributed by atoms with Crippen LogP contribution in [0, 0.1) is 5.41 Å². The zero-order valence-electron chi connectivity index (χ0n) is 13.0. The zero-order chi connectivity index (χ0) is 16.0. The number of rotatable bonds is 6. The van der Waals surface area contributed by atoms with Crippen LogP contribution in [-0.4, -0.2) is 29.2 Å². The van der Waals surface area contributed by atoms with Gasteiger partial charge in [-0.25, -0.2) is 9.59 Å². The van der Waals surface area contributed by atoms with Crippen LogP contribution in [0.1, 0.15) is 39.9 Å². The summed E-state index contributed by atoms with van der Waals surface area (Å²) in [6.07, 6.45) is 3.05. The number of urea groups is 1. The van der Waals surface area contributed by atoms with Crippen molar-refractivity contribution in [3.63, 3.8) is 0 Å². The normalized spacial score (nSPS) is 14.3. The lowest BCUT2D eigenvalue weighted by atomic mass is 9.87. The molecule has 0 aliphatic carbocycles. The number of nitrogens with one attached hydrogen (secondary N) is 2. The summed E-state index contributed by atoms with van der Waals surface area (Å²) in [6.45, 7) is 7.18. The highest BCUT2D eigenvalue weighted by Crippen LogP contribution is 2.19. The van der Waals surface area contributed by atoms with E-state index in [1.54, 1.807) is 27.0 Å². The molecule has 0 bridgehead atoms. The van der Waals surface area contributed by atoms with Crippen LogP contribution in [0.15, 0.2) is 22.8 Å². The number of carboxylic acids is 1. The fourth-order valence-corrected chi connectivity index (χ4v) is 1.93. The minimum Gasteiger partial charge on any atom is -0.480 e. The lowest BCUT2D eigenvalue weighted by Gasteiger charge is -2.28. The first kappa shape index (κ1) is 17.1. The van der Waals surface area contributed by atoms with Crippen molar-refractivity contribution >= 4 is 12.0 Å². The molecule has 1 rings (SSSR count). The Bertz CT molecular complexity index is 463. The van der Waals surface area contributed by atoms with Gasteiger partial charge in [-0.15, -0.1) is 0 Å². The third kappa shape index (κ3) is 5.89. The van der Waals surface area contributed by atoms with Crippen LogP contribution in [0.2, 0.25) is 0 Å². The molecular weight excluding hydrogens is 272 g/mol. The van der Waals surface area contributed by atoms with Crippen molar-refractivity contribution in [1.82, 2.24) is 10.6 Å². The first-order valence-corrected chi connectivity index (χ1v) is 7.02. The molecule has 0 saturated carbocycles. The second-order valence-electron chi connectivity index (χ2n) is 6.27.